The number of ether oxygens (including phenoxy) is 1. The Morgan fingerprint density at radius 3 is 2.96 bits per heavy atom. The average Bonchev–Trinajstić information content (AvgIpc) is 3.20. The van der Waals surface area contributed by atoms with E-state index in [2.05, 4.69) is 20.5 Å². The molecular weight excluding hydrogens is 358 g/mol. The van der Waals surface area contributed by atoms with Crippen molar-refractivity contribution in [2.45, 2.75) is 38.6 Å². The molecule has 3 fully saturated rings. The quantitative estimate of drug-likeness (QED) is 0.733. The van der Waals surface area contributed by atoms with Gasteiger partial charge in [-0.1, -0.05) is 23.4 Å². The monoisotopic (exact) mass is 385 g/mol. The second-order valence-electron chi connectivity index (χ2n) is 7.66. The molecule has 4 heterocycles. The molecular formula is C20H27N5O3. The van der Waals surface area contributed by atoms with Crippen molar-refractivity contribution in [3.8, 4) is 5.75 Å². The molecule has 2 aromatic rings. The summed E-state index contributed by atoms with van der Waals surface area (Å²) in [7, 11) is 1.65. The second-order valence-corrected chi connectivity index (χ2v) is 7.66. The fourth-order valence-electron chi connectivity index (χ4n) is 4.50. The third kappa shape index (κ3) is 3.88. The number of carbonyl (C=O) groups is 1. The van der Waals surface area contributed by atoms with Gasteiger partial charge < -0.3 is 15.2 Å². The van der Waals surface area contributed by atoms with Gasteiger partial charge in [0.2, 0.25) is 5.91 Å². The minimum atomic E-state index is -0.0918. The number of rotatable bonds is 7. The van der Waals surface area contributed by atoms with Crippen LogP contribution in [-0.2, 0) is 24.5 Å². The number of piperidine rings is 3. The molecule has 3 aliphatic heterocycles. The van der Waals surface area contributed by atoms with E-state index in [1.54, 1.807) is 18.0 Å². The van der Waals surface area contributed by atoms with Crippen LogP contribution >= 0.6 is 0 Å². The molecule has 1 amide bonds. The number of aliphatic hydroxyl groups is 1. The molecule has 0 saturated carbocycles. The highest BCUT2D eigenvalue weighted by molar-refractivity contribution is 5.79. The van der Waals surface area contributed by atoms with Crippen LogP contribution < -0.4 is 10.1 Å². The molecule has 0 spiro atoms. The number of aromatic nitrogens is 3. The largest absolute Gasteiger partial charge is 0.496 e. The van der Waals surface area contributed by atoms with Crippen molar-refractivity contribution < 1.29 is 14.6 Å². The Balaban J connectivity index is 1.34. The van der Waals surface area contributed by atoms with Crippen LogP contribution in [0, 0.1) is 11.8 Å². The highest BCUT2D eigenvalue weighted by Gasteiger charge is 2.43. The number of nitrogens with zero attached hydrogens (tertiary/aromatic N) is 4. The lowest BCUT2D eigenvalue weighted by atomic mass is 9.75. The van der Waals surface area contributed by atoms with Crippen LogP contribution in [0.1, 0.15) is 24.1 Å². The van der Waals surface area contributed by atoms with E-state index >= 15 is 0 Å². The standard InChI is InChI=1S/C20H27N5O3/c1-28-19-5-3-2-4-15(19)9-21-20(27)18-12-24-7-6-14(18)8-17(24)11-25-10-16(13-26)22-23-25/h2-5,10,14,17-18,26H,6-9,11-13H2,1H3,(H,21,27)/t14-,17-,18-/m1/s1. The fourth-order valence-corrected chi connectivity index (χ4v) is 4.50. The summed E-state index contributed by atoms with van der Waals surface area (Å²) in [4.78, 5) is 15.2. The van der Waals surface area contributed by atoms with Crippen LogP contribution in [0.3, 0.4) is 0 Å². The average molecular weight is 385 g/mol. The maximum Gasteiger partial charge on any atom is 0.224 e. The molecule has 8 nitrogen and oxygen atoms in total. The summed E-state index contributed by atoms with van der Waals surface area (Å²) in [6.45, 7) is 2.95. The van der Waals surface area contributed by atoms with Gasteiger partial charge in [0.15, 0.2) is 0 Å². The summed E-state index contributed by atoms with van der Waals surface area (Å²) in [6.07, 6.45) is 3.84. The van der Waals surface area contributed by atoms with E-state index in [1.165, 1.54) is 0 Å². The van der Waals surface area contributed by atoms with Crippen molar-refractivity contribution in [1.82, 2.24) is 25.2 Å². The van der Waals surface area contributed by atoms with Gasteiger partial charge in [0.1, 0.15) is 11.4 Å². The highest BCUT2D eigenvalue weighted by atomic mass is 16.5. The van der Waals surface area contributed by atoms with Crippen LogP contribution in [-0.4, -0.2) is 57.1 Å². The first-order valence-electron chi connectivity index (χ1n) is 9.81. The van der Waals surface area contributed by atoms with E-state index < -0.39 is 0 Å². The number of para-hydroxylation sites is 1. The highest BCUT2D eigenvalue weighted by Crippen LogP contribution is 2.37. The molecule has 1 aromatic heterocycles. The van der Waals surface area contributed by atoms with Gasteiger partial charge in [-0.2, -0.15) is 0 Å². The zero-order valence-corrected chi connectivity index (χ0v) is 16.1. The Morgan fingerprint density at radius 1 is 1.39 bits per heavy atom. The smallest absolute Gasteiger partial charge is 0.224 e. The van der Waals surface area contributed by atoms with Gasteiger partial charge >= 0.3 is 0 Å². The number of methoxy groups -OCH3 is 1. The minimum Gasteiger partial charge on any atom is -0.496 e. The molecule has 1 aromatic carbocycles. The summed E-state index contributed by atoms with van der Waals surface area (Å²) in [5.74, 6) is 1.35. The maximum absolute atomic E-state index is 12.8. The predicted octanol–water partition coefficient (Wildman–Crippen LogP) is 0.806. The molecule has 150 valence electrons. The Kier molecular flexibility index (Phi) is 5.59. The Bertz CT molecular complexity index is 824. The van der Waals surface area contributed by atoms with E-state index in [0.29, 0.717) is 24.2 Å². The number of hydrogen-bond donors (Lipinski definition) is 2. The van der Waals surface area contributed by atoms with E-state index in [1.807, 2.05) is 24.3 Å². The van der Waals surface area contributed by atoms with Crippen molar-refractivity contribution in [3.63, 3.8) is 0 Å². The summed E-state index contributed by atoms with van der Waals surface area (Å²) in [5, 5.41) is 20.3. The first-order chi connectivity index (χ1) is 13.7. The number of amides is 1. The van der Waals surface area contributed by atoms with Gasteiger partial charge in [0.05, 0.1) is 32.4 Å². The van der Waals surface area contributed by atoms with Gasteiger partial charge in [-0.05, 0) is 31.4 Å². The third-order valence-corrected chi connectivity index (χ3v) is 6.01. The van der Waals surface area contributed by atoms with Crippen molar-refractivity contribution in [2.24, 2.45) is 11.8 Å². The summed E-state index contributed by atoms with van der Waals surface area (Å²) >= 11 is 0. The molecule has 8 heteroatoms. The van der Waals surface area contributed by atoms with Crippen LogP contribution in [0.2, 0.25) is 0 Å². The Labute approximate surface area is 164 Å². The van der Waals surface area contributed by atoms with Crippen molar-refractivity contribution in [3.05, 3.63) is 41.7 Å². The lowest BCUT2D eigenvalue weighted by Crippen LogP contribution is -2.58. The molecule has 28 heavy (non-hydrogen) atoms. The third-order valence-electron chi connectivity index (χ3n) is 6.01. The van der Waals surface area contributed by atoms with Crippen LogP contribution in [0.15, 0.2) is 30.5 Å². The first-order valence-corrected chi connectivity index (χ1v) is 9.81. The molecule has 3 aliphatic rings. The zero-order valence-electron chi connectivity index (χ0n) is 16.1. The second kappa shape index (κ2) is 8.28. The number of carbonyl (C=O) groups excluding carboxylic acids is 1. The van der Waals surface area contributed by atoms with Gasteiger partial charge in [0.25, 0.3) is 0 Å². The number of aliphatic hydroxyl groups excluding tert-OH is 1. The number of fused-ring (bicyclic) bond motifs is 3. The van der Waals surface area contributed by atoms with Gasteiger partial charge in [0, 0.05) is 24.7 Å². The first kappa shape index (κ1) is 18.9. The number of benzene rings is 1. The van der Waals surface area contributed by atoms with Gasteiger partial charge in [-0.3, -0.25) is 14.4 Å². The summed E-state index contributed by atoms with van der Waals surface area (Å²) < 4.78 is 7.16. The van der Waals surface area contributed by atoms with Gasteiger partial charge in [-0.15, -0.1) is 5.10 Å². The van der Waals surface area contributed by atoms with E-state index in [0.717, 1.165) is 43.8 Å². The van der Waals surface area contributed by atoms with Crippen LogP contribution in [0.4, 0.5) is 0 Å². The zero-order chi connectivity index (χ0) is 19.5. The van der Waals surface area contributed by atoms with Gasteiger partial charge in [-0.25, -0.2) is 0 Å². The Morgan fingerprint density at radius 2 is 2.25 bits per heavy atom. The predicted molar refractivity (Wildman–Crippen MR) is 102 cm³/mol. The molecule has 1 unspecified atom stereocenters. The summed E-state index contributed by atoms with van der Waals surface area (Å²) in [5.41, 5.74) is 1.58. The van der Waals surface area contributed by atoms with Crippen molar-refractivity contribution in [1.29, 1.82) is 0 Å². The normalized spacial score (nSPS) is 26.2. The van der Waals surface area contributed by atoms with E-state index in [9.17, 15) is 4.79 Å². The van der Waals surface area contributed by atoms with Crippen LogP contribution in [0.5, 0.6) is 5.75 Å². The van der Waals surface area contributed by atoms with E-state index in [4.69, 9.17) is 9.84 Å². The molecule has 5 rings (SSSR count). The molecule has 0 radical (unpaired) electrons. The lowest BCUT2D eigenvalue weighted by molar-refractivity contribution is -0.133. The molecule has 4 atom stereocenters. The molecule has 2 bridgehead atoms. The Hall–Kier alpha value is -2.45. The van der Waals surface area contributed by atoms with Crippen molar-refractivity contribution >= 4 is 5.91 Å². The number of nitrogens with one attached hydrogen (secondary N) is 1. The van der Waals surface area contributed by atoms with Crippen LogP contribution in [0.25, 0.3) is 0 Å². The summed E-state index contributed by atoms with van der Waals surface area (Å²) in [6, 6.07) is 8.13. The SMILES string of the molecule is COc1ccccc1CNC(=O)[C@@H]1CN2CC[C@@H]1C[C@@H]2Cn1cc(CO)nn1. The number of hydrogen-bond acceptors (Lipinski definition) is 6. The molecule has 0 aliphatic carbocycles. The van der Waals surface area contributed by atoms with E-state index in [-0.39, 0.29) is 18.4 Å². The molecule has 2 N–H and O–H groups in total. The lowest BCUT2D eigenvalue weighted by Gasteiger charge is -2.49. The fraction of sp³-hybridized carbons (Fsp3) is 0.550. The molecule has 3 saturated heterocycles. The van der Waals surface area contributed by atoms with Crippen molar-refractivity contribution in [2.75, 3.05) is 20.2 Å². The minimum absolute atomic E-state index is 0.0310. The maximum atomic E-state index is 12.8. The topological polar surface area (TPSA) is 92.5 Å².